The van der Waals surface area contributed by atoms with Crippen LogP contribution in [-0.2, 0) is 16.2 Å². The van der Waals surface area contributed by atoms with Crippen LogP contribution in [0, 0.1) is 17.5 Å². The molecule has 7 N–H and O–H groups in total. The third-order valence-electron chi connectivity index (χ3n) is 4.23. The van der Waals surface area contributed by atoms with Crippen LogP contribution in [0.25, 0.3) is 22.0 Å². The monoisotopic (exact) mass is 490 g/mol. The molecule has 182 valence electrons. The maximum Gasteiger partial charge on any atom is 0.328 e. The number of aromatic nitrogens is 1. The fourth-order valence-corrected chi connectivity index (χ4v) is 2.85. The number of aliphatic hydroxyl groups is 1. The van der Waals surface area contributed by atoms with Gasteiger partial charge in [0.25, 0.3) is 5.91 Å². The van der Waals surface area contributed by atoms with Gasteiger partial charge >= 0.3 is 11.9 Å². The lowest BCUT2D eigenvalue weighted by Crippen LogP contribution is -2.24. The van der Waals surface area contributed by atoms with Crippen molar-refractivity contribution in [3.05, 3.63) is 77.3 Å². The highest BCUT2D eigenvalue weighted by atomic mass is 19.1. The minimum atomic E-state index is -1.26. The average Bonchev–Trinajstić information content (AvgIpc) is 2.76. The van der Waals surface area contributed by atoms with Gasteiger partial charge in [0.2, 0.25) is 0 Å². The molecule has 0 unspecified atom stereocenters. The molecule has 2 aromatic carbocycles. The van der Waals surface area contributed by atoms with Gasteiger partial charge in [-0.15, -0.1) is 0 Å². The summed E-state index contributed by atoms with van der Waals surface area (Å²) >= 11 is 0. The Bertz CT molecular complexity index is 1330. The van der Waals surface area contributed by atoms with Gasteiger partial charge in [-0.05, 0) is 17.5 Å². The molecule has 0 fully saturated rings. The molecule has 1 amide bonds. The smallest absolute Gasteiger partial charge is 0.328 e. The molecular weight excluding hydrogens is 473 g/mol. The Morgan fingerprint density at radius 3 is 2.00 bits per heavy atom. The molecule has 0 spiro atoms. The van der Waals surface area contributed by atoms with Crippen LogP contribution >= 0.6 is 0 Å². The van der Waals surface area contributed by atoms with E-state index in [1.807, 2.05) is 0 Å². The van der Waals surface area contributed by atoms with E-state index in [4.69, 9.17) is 21.7 Å². The van der Waals surface area contributed by atoms with Crippen molar-refractivity contribution in [1.29, 1.82) is 0 Å². The van der Waals surface area contributed by atoms with Crippen LogP contribution < -0.4 is 11.5 Å². The molecule has 35 heavy (non-hydrogen) atoms. The van der Waals surface area contributed by atoms with Gasteiger partial charge < -0.3 is 26.8 Å². The molecule has 0 bridgehead atoms. The molecule has 0 saturated heterocycles. The highest BCUT2D eigenvalue weighted by Gasteiger charge is 2.19. The van der Waals surface area contributed by atoms with Crippen molar-refractivity contribution in [2.45, 2.75) is 6.61 Å². The molecule has 0 saturated carbocycles. The zero-order valence-electron chi connectivity index (χ0n) is 17.6. The molecular formula is C22H17F3N4O6. The number of amides is 1. The van der Waals surface area contributed by atoms with E-state index in [0.29, 0.717) is 35.2 Å². The first-order chi connectivity index (χ1) is 16.4. The Morgan fingerprint density at radius 2 is 1.51 bits per heavy atom. The number of aliphatic imine (C=N–C) groups is 1. The summed E-state index contributed by atoms with van der Waals surface area (Å²) in [5.41, 5.74) is 10.1. The van der Waals surface area contributed by atoms with Crippen LogP contribution in [0.15, 0.2) is 53.7 Å². The van der Waals surface area contributed by atoms with Gasteiger partial charge in [0, 0.05) is 47.0 Å². The van der Waals surface area contributed by atoms with Gasteiger partial charge in [-0.2, -0.15) is 4.99 Å². The van der Waals surface area contributed by atoms with E-state index in [0.717, 1.165) is 0 Å². The van der Waals surface area contributed by atoms with Crippen LogP contribution in [0.3, 0.4) is 0 Å². The molecule has 13 heteroatoms. The van der Waals surface area contributed by atoms with E-state index < -0.39 is 46.8 Å². The third kappa shape index (κ3) is 6.85. The lowest BCUT2D eigenvalue weighted by molar-refractivity contribution is -0.134. The maximum absolute atomic E-state index is 14.2. The quantitative estimate of drug-likeness (QED) is 0.202. The van der Waals surface area contributed by atoms with Gasteiger partial charge in [0.1, 0.15) is 17.5 Å². The number of carbonyl (C=O) groups is 3. The second-order valence-electron chi connectivity index (χ2n) is 6.65. The molecule has 3 aromatic rings. The van der Waals surface area contributed by atoms with Crippen molar-refractivity contribution in [1.82, 2.24) is 4.98 Å². The number of guanidine groups is 1. The lowest BCUT2D eigenvalue weighted by atomic mass is 9.98. The summed E-state index contributed by atoms with van der Waals surface area (Å²) in [5.74, 6) is -7.11. The summed E-state index contributed by atoms with van der Waals surface area (Å²) in [6.07, 6.45) is 2.36. The van der Waals surface area contributed by atoms with Crippen molar-refractivity contribution >= 4 is 34.6 Å². The largest absolute Gasteiger partial charge is 0.478 e. The number of carboxylic acids is 2. The number of hydrogen-bond acceptors (Lipinski definition) is 5. The van der Waals surface area contributed by atoms with E-state index in [9.17, 15) is 32.7 Å². The van der Waals surface area contributed by atoms with E-state index in [-0.39, 0.29) is 23.3 Å². The summed E-state index contributed by atoms with van der Waals surface area (Å²) in [6.45, 7) is -0.390. The van der Waals surface area contributed by atoms with Crippen molar-refractivity contribution in [3.8, 4) is 11.3 Å². The van der Waals surface area contributed by atoms with Crippen LogP contribution in [0.2, 0.25) is 0 Å². The summed E-state index contributed by atoms with van der Waals surface area (Å²) in [5, 5.41) is 25.7. The van der Waals surface area contributed by atoms with E-state index in [1.54, 1.807) is 0 Å². The number of benzene rings is 2. The number of aliphatic hydroxyl groups excluding tert-OH is 1. The Balaban J connectivity index is 0.000000466. The summed E-state index contributed by atoms with van der Waals surface area (Å²) in [7, 11) is 0. The predicted octanol–water partition coefficient (Wildman–Crippen LogP) is 1.94. The number of carboxylic acid groups (broad SMARTS) is 2. The normalized spacial score (nSPS) is 10.5. The lowest BCUT2D eigenvalue weighted by Gasteiger charge is -2.12. The molecule has 1 heterocycles. The number of halogens is 3. The number of hydrogen-bond donors (Lipinski definition) is 5. The van der Waals surface area contributed by atoms with E-state index in [2.05, 4.69) is 9.98 Å². The summed E-state index contributed by atoms with van der Waals surface area (Å²) in [6, 6.07) is 5.23. The first-order valence-electron chi connectivity index (χ1n) is 9.39. The number of pyridine rings is 1. The minimum absolute atomic E-state index is 0.0389. The van der Waals surface area contributed by atoms with E-state index >= 15 is 0 Å². The Kier molecular flexibility index (Phi) is 8.61. The zero-order valence-corrected chi connectivity index (χ0v) is 17.6. The number of nitrogens with zero attached hydrogens (tertiary/aromatic N) is 2. The van der Waals surface area contributed by atoms with Crippen molar-refractivity contribution in [2.75, 3.05) is 0 Å². The van der Waals surface area contributed by atoms with Crippen LogP contribution in [0.1, 0.15) is 15.9 Å². The number of nitrogens with two attached hydrogens (primary N) is 2. The topological polar surface area (TPSA) is 189 Å². The molecule has 0 aliphatic rings. The van der Waals surface area contributed by atoms with Crippen molar-refractivity contribution in [2.24, 2.45) is 16.5 Å². The van der Waals surface area contributed by atoms with Crippen LogP contribution in [-0.4, -0.2) is 44.1 Å². The fourth-order valence-electron chi connectivity index (χ4n) is 2.85. The van der Waals surface area contributed by atoms with Crippen molar-refractivity contribution in [3.63, 3.8) is 0 Å². The number of fused-ring (bicyclic) bond motifs is 1. The van der Waals surface area contributed by atoms with Gasteiger partial charge in [-0.25, -0.2) is 22.8 Å². The van der Waals surface area contributed by atoms with Gasteiger partial charge in [-0.3, -0.25) is 9.78 Å². The standard InChI is InChI=1S/C18H13F3N4O2.C4H4O4/c19-10-4-13(20)15(14(21)5-10)16-12-3-8(17(27)25-18(22)23)1-2-11(12)9(7-26)6-24-16;5-3(6)1-2-4(7)8/h1-6,26H,7H2,(H4,22,23,25,27);1-2H,(H,5,6)(H,7,8). The first-order valence-corrected chi connectivity index (χ1v) is 9.39. The van der Waals surface area contributed by atoms with Gasteiger partial charge in [0.15, 0.2) is 5.96 Å². The molecule has 10 nitrogen and oxygen atoms in total. The minimum Gasteiger partial charge on any atom is -0.478 e. The second-order valence-corrected chi connectivity index (χ2v) is 6.65. The fraction of sp³-hybridized carbons (Fsp3) is 0.0455. The Morgan fingerprint density at radius 1 is 0.943 bits per heavy atom. The predicted molar refractivity (Wildman–Crippen MR) is 118 cm³/mol. The van der Waals surface area contributed by atoms with Gasteiger partial charge in [-0.1, -0.05) is 6.07 Å². The van der Waals surface area contributed by atoms with Gasteiger partial charge in [0.05, 0.1) is 17.9 Å². The second kappa shape index (κ2) is 11.4. The summed E-state index contributed by atoms with van der Waals surface area (Å²) < 4.78 is 41.7. The molecule has 0 aliphatic heterocycles. The molecule has 3 rings (SSSR count). The number of rotatable bonds is 5. The molecule has 0 aliphatic carbocycles. The van der Waals surface area contributed by atoms with Crippen LogP contribution in [0.4, 0.5) is 13.2 Å². The Labute approximate surface area is 194 Å². The molecule has 0 radical (unpaired) electrons. The first kappa shape index (κ1) is 26.5. The molecule has 1 aromatic heterocycles. The van der Waals surface area contributed by atoms with E-state index in [1.165, 1.54) is 24.4 Å². The highest BCUT2D eigenvalue weighted by molar-refractivity contribution is 6.06. The molecule has 0 atom stereocenters. The summed E-state index contributed by atoms with van der Waals surface area (Å²) in [4.78, 5) is 38.6. The average molecular weight is 490 g/mol. The van der Waals surface area contributed by atoms with Crippen LogP contribution in [0.5, 0.6) is 0 Å². The SMILES string of the molecule is NC(N)=NC(=O)c1ccc2c(CO)cnc(-c3c(F)cc(F)cc3F)c2c1.O=C(O)C=CC(=O)O. The Hall–Kier alpha value is -4.78. The maximum atomic E-state index is 14.2. The number of carbonyl (C=O) groups excluding carboxylic acids is 1. The third-order valence-corrected chi connectivity index (χ3v) is 4.23. The van der Waals surface area contributed by atoms with Crippen molar-refractivity contribution < 1.29 is 42.9 Å². The number of aliphatic carboxylic acids is 2. The zero-order chi connectivity index (χ0) is 26.3. The highest BCUT2D eigenvalue weighted by Crippen LogP contribution is 2.33.